The topological polar surface area (TPSA) is 26.0 Å². The van der Waals surface area contributed by atoms with Crippen molar-refractivity contribution in [1.29, 1.82) is 0 Å². The van der Waals surface area contributed by atoms with Gasteiger partial charge in [0.15, 0.2) is 0 Å². The van der Waals surface area contributed by atoms with Gasteiger partial charge in [0.1, 0.15) is 0 Å². The van der Waals surface area contributed by atoms with Gasteiger partial charge < -0.3 is 0 Å². The van der Waals surface area contributed by atoms with E-state index in [1.807, 2.05) is 18.2 Å². The monoisotopic (exact) mass is 157 g/mol. The third-order valence-corrected chi connectivity index (χ3v) is 3.06. The average Bonchev–Trinajstić information content (AvgIpc) is 1.90. The van der Waals surface area contributed by atoms with Crippen molar-refractivity contribution < 1.29 is 17.4 Å². The van der Waals surface area contributed by atoms with Crippen LogP contribution in [0.25, 0.3) is 0 Å². The molecule has 8 heavy (non-hydrogen) atoms. The zero-order valence-electron chi connectivity index (χ0n) is 4.67. The third kappa shape index (κ3) is 1.39. The first-order valence-corrected chi connectivity index (χ1v) is 5.87. The Kier molecular flexibility index (Phi) is 2.19. The Balaban J connectivity index is 2.83. The van der Waals surface area contributed by atoms with E-state index in [9.17, 15) is 0 Å². The van der Waals surface area contributed by atoms with E-state index in [2.05, 4.69) is 12.1 Å². The van der Waals surface area contributed by atoms with Crippen molar-refractivity contribution in [3.8, 4) is 0 Å². The summed E-state index contributed by atoms with van der Waals surface area (Å²) in [5.41, 5.74) is 0. The average molecular weight is 159 g/mol. The van der Waals surface area contributed by atoms with E-state index in [0.29, 0.717) is 0 Å². The number of rotatable bonds is 1. The molecule has 0 spiro atoms. The number of hydrogen-bond donors (Lipinski definition) is 1. The molecule has 0 aliphatic heterocycles. The molecule has 1 rings (SSSR count). The second kappa shape index (κ2) is 2.96. The van der Waals surface area contributed by atoms with Crippen LogP contribution in [0.4, 0.5) is 0 Å². The van der Waals surface area contributed by atoms with Crippen LogP contribution in [0.3, 0.4) is 0 Å². The molecule has 1 nitrogen and oxygen atoms in total. The fourth-order valence-corrected chi connectivity index (χ4v) is 1.76. The van der Waals surface area contributed by atoms with Crippen molar-refractivity contribution >= 4 is 4.16 Å². The summed E-state index contributed by atoms with van der Waals surface area (Å²) >= 11 is -0.776. The molecule has 0 atom stereocenters. The van der Waals surface area contributed by atoms with Gasteiger partial charge in [-0.3, -0.25) is 0 Å². The molecule has 1 aromatic carbocycles. The summed E-state index contributed by atoms with van der Waals surface area (Å²) in [6, 6.07) is 10.3. The maximum absolute atomic E-state index is 5.54. The van der Waals surface area contributed by atoms with E-state index in [1.54, 1.807) is 0 Å². The van der Waals surface area contributed by atoms with Crippen LogP contribution in [0.2, 0.25) is 0 Å². The minimum atomic E-state index is -0.776. The Morgan fingerprint density at radius 3 is 2.12 bits per heavy atom. The molecular formula is C6H7NZn. The van der Waals surface area contributed by atoms with E-state index >= 15 is 0 Å². The Labute approximate surface area is 56.8 Å². The van der Waals surface area contributed by atoms with Crippen LogP contribution in [0.5, 0.6) is 0 Å². The van der Waals surface area contributed by atoms with E-state index in [-0.39, 0.29) is 0 Å². The van der Waals surface area contributed by atoms with E-state index in [1.165, 1.54) is 4.16 Å². The molecule has 0 amide bonds. The quantitative estimate of drug-likeness (QED) is 0.584. The van der Waals surface area contributed by atoms with Crippen molar-refractivity contribution in [1.82, 2.24) is 0 Å². The molecule has 38 valence electrons. The molecule has 0 aromatic heterocycles. The molecule has 0 saturated heterocycles. The molecule has 2 heteroatoms. The van der Waals surface area contributed by atoms with Gasteiger partial charge in [0.25, 0.3) is 0 Å². The minimum absolute atomic E-state index is 0.776. The van der Waals surface area contributed by atoms with Crippen LogP contribution in [0, 0.1) is 0 Å². The Bertz CT molecular complexity index is 150. The first-order chi connectivity index (χ1) is 3.93. The fraction of sp³-hybridized carbons (Fsp3) is 0. The van der Waals surface area contributed by atoms with Gasteiger partial charge in [-0.2, -0.15) is 0 Å². The molecule has 0 aliphatic carbocycles. The molecule has 0 aliphatic rings. The van der Waals surface area contributed by atoms with E-state index < -0.39 is 17.4 Å². The van der Waals surface area contributed by atoms with Crippen molar-refractivity contribution in [2.75, 3.05) is 0 Å². The number of benzene rings is 1. The maximum atomic E-state index is 5.54. The molecule has 0 radical (unpaired) electrons. The van der Waals surface area contributed by atoms with Crippen molar-refractivity contribution in [2.45, 2.75) is 0 Å². The normalized spacial score (nSPS) is 8.12. The van der Waals surface area contributed by atoms with Crippen LogP contribution in [0.15, 0.2) is 30.3 Å². The standard InChI is InChI=1S/C6H5.H2N.Zn/c1-2-4-6-5-3-1;;/h1-5H;1H2;/q;-1;+1. The Hall–Kier alpha value is -0.197. The van der Waals surface area contributed by atoms with Crippen LogP contribution in [0.1, 0.15) is 0 Å². The number of nitrogens with two attached hydrogens (primary N) is 1. The molecule has 0 unspecified atom stereocenters. The van der Waals surface area contributed by atoms with Gasteiger partial charge in [0, 0.05) is 0 Å². The van der Waals surface area contributed by atoms with Gasteiger partial charge in [0.2, 0.25) is 0 Å². The summed E-state index contributed by atoms with van der Waals surface area (Å²) in [6.07, 6.45) is 0. The van der Waals surface area contributed by atoms with Gasteiger partial charge in [-0.15, -0.1) is 0 Å². The van der Waals surface area contributed by atoms with Crippen molar-refractivity contribution in [2.24, 2.45) is 4.48 Å². The second-order valence-corrected chi connectivity index (χ2v) is 4.26. The molecule has 0 saturated carbocycles. The van der Waals surface area contributed by atoms with Crippen LogP contribution < -0.4 is 8.63 Å². The zero-order chi connectivity index (χ0) is 5.82. The predicted molar refractivity (Wildman–Crippen MR) is 30.3 cm³/mol. The van der Waals surface area contributed by atoms with Crippen molar-refractivity contribution in [3.05, 3.63) is 30.3 Å². The summed E-state index contributed by atoms with van der Waals surface area (Å²) < 4.78 is 6.91. The van der Waals surface area contributed by atoms with Gasteiger partial charge in [-0.1, -0.05) is 0 Å². The predicted octanol–water partition coefficient (Wildman–Crippen LogP) is 0.268. The second-order valence-electron chi connectivity index (χ2n) is 1.69. The molecule has 1 aromatic rings. The SMILES string of the molecule is [NH2][Zn][c]1ccccc1. The van der Waals surface area contributed by atoms with Crippen LogP contribution in [-0.4, -0.2) is 0 Å². The Morgan fingerprint density at radius 1 is 1.12 bits per heavy atom. The molecule has 0 fully saturated rings. The van der Waals surface area contributed by atoms with Crippen LogP contribution >= 0.6 is 0 Å². The molecule has 2 N–H and O–H groups in total. The van der Waals surface area contributed by atoms with Gasteiger partial charge in [-0.25, -0.2) is 0 Å². The van der Waals surface area contributed by atoms with E-state index in [4.69, 9.17) is 4.48 Å². The summed E-state index contributed by atoms with van der Waals surface area (Å²) in [4.78, 5) is 0. The fourth-order valence-electron chi connectivity index (χ4n) is 0.614. The number of hydrogen-bond acceptors (Lipinski definition) is 1. The van der Waals surface area contributed by atoms with E-state index in [0.717, 1.165) is 0 Å². The molecule has 0 heterocycles. The molecular weight excluding hydrogens is 151 g/mol. The third-order valence-electron chi connectivity index (χ3n) is 1.08. The summed E-state index contributed by atoms with van der Waals surface area (Å²) in [6.45, 7) is 0. The zero-order valence-corrected chi connectivity index (χ0v) is 7.64. The van der Waals surface area contributed by atoms with Gasteiger partial charge >= 0.3 is 56.3 Å². The Morgan fingerprint density at radius 2 is 1.75 bits per heavy atom. The summed E-state index contributed by atoms with van der Waals surface area (Å²) in [5, 5.41) is 0. The van der Waals surface area contributed by atoms with Gasteiger partial charge in [-0.05, 0) is 0 Å². The summed E-state index contributed by atoms with van der Waals surface area (Å²) in [5.74, 6) is 0. The molecule has 0 bridgehead atoms. The first-order valence-electron chi connectivity index (χ1n) is 2.67. The van der Waals surface area contributed by atoms with Gasteiger partial charge in [0.05, 0.1) is 0 Å². The van der Waals surface area contributed by atoms with Crippen LogP contribution in [-0.2, 0) is 17.4 Å². The van der Waals surface area contributed by atoms with Crippen molar-refractivity contribution in [3.63, 3.8) is 0 Å². The first kappa shape index (κ1) is 5.93. The summed E-state index contributed by atoms with van der Waals surface area (Å²) in [7, 11) is 0.